The molecule has 154 valence electrons. The van der Waals surface area contributed by atoms with E-state index in [-0.39, 0.29) is 11.8 Å². The fourth-order valence-corrected chi connectivity index (χ4v) is 4.01. The number of anilines is 3. The van der Waals surface area contributed by atoms with Crippen molar-refractivity contribution in [2.45, 2.75) is 26.2 Å². The molecule has 0 atom stereocenters. The third-order valence-corrected chi connectivity index (χ3v) is 5.82. The van der Waals surface area contributed by atoms with Gasteiger partial charge in [-0.1, -0.05) is 19.1 Å². The maximum Gasteiger partial charge on any atom is 0.227 e. The monoisotopic (exact) mass is 395 g/mol. The number of benzene rings is 1. The number of morpholine rings is 1. The van der Waals surface area contributed by atoms with Crippen molar-refractivity contribution in [3.05, 3.63) is 42.4 Å². The molecular weight excluding hydrogens is 366 g/mol. The topological polar surface area (TPSA) is 70.6 Å². The van der Waals surface area contributed by atoms with Gasteiger partial charge in [0.15, 0.2) is 5.82 Å². The van der Waals surface area contributed by atoms with Crippen LogP contribution in [0.5, 0.6) is 0 Å². The summed E-state index contributed by atoms with van der Waals surface area (Å²) in [4.78, 5) is 26.1. The van der Waals surface area contributed by atoms with Crippen molar-refractivity contribution in [1.82, 2.24) is 9.97 Å². The standard InChI is InChI=1S/C22H29N5O2/c1-2-17-3-5-19(6-4-17)25-22(28)18-7-9-26(10-8-18)20-15-23-16-24-21(20)27-11-13-29-14-12-27/h3-6,15-16,18H,2,7-14H2,1H3,(H,25,28). The van der Waals surface area contributed by atoms with E-state index in [9.17, 15) is 4.79 Å². The van der Waals surface area contributed by atoms with Gasteiger partial charge >= 0.3 is 0 Å². The van der Waals surface area contributed by atoms with Crippen molar-refractivity contribution in [1.29, 1.82) is 0 Å². The lowest BCUT2D eigenvalue weighted by molar-refractivity contribution is -0.120. The molecule has 1 aromatic carbocycles. The van der Waals surface area contributed by atoms with Crippen LogP contribution in [-0.2, 0) is 16.0 Å². The second kappa shape index (κ2) is 9.22. The van der Waals surface area contributed by atoms with Crippen LogP contribution in [0.15, 0.2) is 36.8 Å². The smallest absolute Gasteiger partial charge is 0.227 e. The molecule has 1 amide bonds. The lowest BCUT2D eigenvalue weighted by Crippen LogP contribution is -2.41. The zero-order valence-corrected chi connectivity index (χ0v) is 17.0. The normalized spacial score (nSPS) is 18.0. The Hall–Kier alpha value is -2.67. The molecule has 7 heteroatoms. The summed E-state index contributed by atoms with van der Waals surface area (Å²) in [6, 6.07) is 8.12. The lowest BCUT2D eigenvalue weighted by Gasteiger charge is -2.36. The van der Waals surface area contributed by atoms with E-state index in [2.05, 4.69) is 44.1 Å². The molecule has 2 fully saturated rings. The third kappa shape index (κ3) is 4.67. The van der Waals surface area contributed by atoms with Gasteiger partial charge in [-0.05, 0) is 37.0 Å². The van der Waals surface area contributed by atoms with E-state index in [0.29, 0.717) is 0 Å². The summed E-state index contributed by atoms with van der Waals surface area (Å²) < 4.78 is 5.47. The minimum Gasteiger partial charge on any atom is -0.378 e. The number of piperidine rings is 1. The Bertz CT molecular complexity index is 812. The highest BCUT2D eigenvalue weighted by molar-refractivity contribution is 5.92. The molecule has 0 saturated carbocycles. The summed E-state index contributed by atoms with van der Waals surface area (Å²) in [5, 5.41) is 3.08. The maximum absolute atomic E-state index is 12.7. The number of hydrogen-bond donors (Lipinski definition) is 1. The molecule has 1 N–H and O–H groups in total. The van der Waals surface area contributed by atoms with Gasteiger partial charge < -0.3 is 19.9 Å². The highest BCUT2D eigenvalue weighted by atomic mass is 16.5. The van der Waals surface area contributed by atoms with Crippen LogP contribution in [0.2, 0.25) is 0 Å². The first-order valence-corrected chi connectivity index (χ1v) is 10.5. The summed E-state index contributed by atoms with van der Waals surface area (Å²) in [5.41, 5.74) is 3.21. The minimum absolute atomic E-state index is 0.0357. The van der Waals surface area contributed by atoms with Crippen LogP contribution in [0.4, 0.5) is 17.2 Å². The van der Waals surface area contributed by atoms with Crippen LogP contribution >= 0.6 is 0 Å². The van der Waals surface area contributed by atoms with E-state index in [4.69, 9.17) is 4.74 Å². The minimum atomic E-state index is 0.0357. The first-order chi connectivity index (χ1) is 14.2. The number of aryl methyl sites for hydroxylation is 1. The van der Waals surface area contributed by atoms with E-state index >= 15 is 0 Å². The second-order valence-corrected chi connectivity index (χ2v) is 7.63. The number of nitrogens with one attached hydrogen (secondary N) is 1. The van der Waals surface area contributed by atoms with E-state index in [1.54, 1.807) is 6.33 Å². The Morgan fingerprint density at radius 2 is 1.83 bits per heavy atom. The van der Waals surface area contributed by atoms with E-state index in [1.165, 1.54) is 5.56 Å². The first-order valence-electron chi connectivity index (χ1n) is 10.5. The molecule has 2 aliphatic heterocycles. The number of nitrogens with zero attached hydrogens (tertiary/aromatic N) is 4. The summed E-state index contributed by atoms with van der Waals surface area (Å²) in [6.45, 7) is 6.94. The number of carbonyl (C=O) groups is 1. The van der Waals surface area contributed by atoms with Gasteiger partial charge in [0.1, 0.15) is 6.33 Å². The Labute approximate surface area is 172 Å². The molecule has 2 saturated heterocycles. The molecule has 2 aliphatic rings. The lowest BCUT2D eigenvalue weighted by atomic mass is 9.95. The van der Waals surface area contributed by atoms with Crippen LogP contribution in [0.1, 0.15) is 25.3 Å². The van der Waals surface area contributed by atoms with Crippen LogP contribution in [-0.4, -0.2) is 55.3 Å². The molecule has 29 heavy (non-hydrogen) atoms. The summed E-state index contributed by atoms with van der Waals surface area (Å²) in [5.74, 6) is 1.13. The molecule has 4 rings (SSSR count). The third-order valence-electron chi connectivity index (χ3n) is 5.82. The zero-order valence-electron chi connectivity index (χ0n) is 17.0. The number of hydrogen-bond acceptors (Lipinski definition) is 6. The van der Waals surface area contributed by atoms with Crippen LogP contribution in [0.25, 0.3) is 0 Å². The molecule has 0 spiro atoms. The Kier molecular flexibility index (Phi) is 6.24. The molecule has 0 bridgehead atoms. The van der Waals surface area contributed by atoms with Gasteiger partial charge in [0.2, 0.25) is 5.91 Å². The van der Waals surface area contributed by atoms with Gasteiger partial charge in [-0.2, -0.15) is 0 Å². The predicted molar refractivity (Wildman–Crippen MR) is 114 cm³/mol. The summed E-state index contributed by atoms with van der Waals surface area (Å²) in [6.07, 6.45) is 6.17. The molecule has 0 aliphatic carbocycles. The van der Waals surface area contributed by atoms with Crippen molar-refractivity contribution in [2.75, 3.05) is 54.5 Å². The number of aromatic nitrogens is 2. The van der Waals surface area contributed by atoms with Gasteiger partial charge in [-0.25, -0.2) is 9.97 Å². The molecule has 3 heterocycles. The average Bonchev–Trinajstić information content (AvgIpc) is 2.80. The quantitative estimate of drug-likeness (QED) is 0.839. The molecular formula is C22H29N5O2. The van der Waals surface area contributed by atoms with Crippen LogP contribution in [0.3, 0.4) is 0 Å². The van der Waals surface area contributed by atoms with Crippen LogP contribution in [0, 0.1) is 5.92 Å². The second-order valence-electron chi connectivity index (χ2n) is 7.63. The molecule has 2 aromatic rings. The molecule has 0 radical (unpaired) electrons. The maximum atomic E-state index is 12.7. The van der Waals surface area contributed by atoms with Crippen molar-refractivity contribution in [2.24, 2.45) is 5.92 Å². The van der Waals surface area contributed by atoms with Gasteiger partial charge in [-0.15, -0.1) is 0 Å². The van der Waals surface area contributed by atoms with Crippen molar-refractivity contribution in [3.8, 4) is 0 Å². The number of rotatable bonds is 5. The molecule has 7 nitrogen and oxygen atoms in total. The van der Waals surface area contributed by atoms with E-state index in [0.717, 1.165) is 75.8 Å². The SMILES string of the molecule is CCc1ccc(NC(=O)C2CCN(c3cncnc3N3CCOCC3)CC2)cc1. The Balaban J connectivity index is 1.36. The van der Waals surface area contributed by atoms with Crippen molar-refractivity contribution < 1.29 is 9.53 Å². The van der Waals surface area contributed by atoms with Crippen molar-refractivity contribution in [3.63, 3.8) is 0 Å². The largest absolute Gasteiger partial charge is 0.378 e. The van der Waals surface area contributed by atoms with Gasteiger partial charge in [0.25, 0.3) is 0 Å². The Morgan fingerprint density at radius 3 is 2.52 bits per heavy atom. The average molecular weight is 396 g/mol. The first kappa shape index (κ1) is 19.6. The number of ether oxygens (including phenoxy) is 1. The summed E-state index contributed by atoms with van der Waals surface area (Å²) >= 11 is 0. The van der Waals surface area contributed by atoms with Crippen LogP contribution < -0.4 is 15.1 Å². The number of amides is 1. The number of carbonyl (C=O) groups excluding carboxylic acids is 1. The van der Waals surface area contributed by atoms with Gasteiger partial charge in [0.05, 0.1) is 25.1 Å². The zero-order chi connectivity index (χ0) is 20.1. The van der Waals surface area contributed by atoms with Gasteiger partial charge in [-0.3, -0.25) is 4.79 Å². The predicted octanol–water partition coefficient (Wildman–Crippen LogP) is 2.73. The van der Waals surface area contributed by atoms with Gasteiger partial charge in [0, 0.05) is 37.8 Å². The molecule has 1 aromatic heterocycles. The highest BCUT2D eigenvalue weighted by Crippen LogP contribution is 2.30. The summed E-state index contributed by atoms with van der Waals surface area (Å²) in [7, 11) is 0. The Morgan fingerprint density at radius 1 is 1.10 bits per heavy atom. The van der Waals surface area contributed by atoms with E-state index in [1.807, 2.05) is 18.3 Å². The fraction of sp³-hybridized carbons (Fsp3) is 0.500. The fourth-order valence-electron chi connectivity index (χ4n) is 4.01. The molecule has 0 unspecified atom stereocenters. The highest BCUT2D eigenvalue weighted by Gasteiger charge is 2.28. The van der Waals surface area contributed by atoms with Crippen molar-refractivity contribution >= 4 is 23.1 Å². The van der Waals surface area contributed by atoms with E-state index < -0.39 is 0 Å².